The molecule has 0 amide bonds. The number of hydroxylamine groups is 2. The summed E-state index contributed by atoms with van der Waals surface area (Å²) < 4.78 is 30.9. The van der Waals surface area contributed by atoms with Crippen molar-refractivity contribution in [1.29, 1.82) is 0 Å². The van der Waals surface area contributed by atoms with E-state index in [1.54, 1.807) is 19.1 Å². The Labute approximate surface area is 181 Å². The molecule has 166 valence electrons. The van der Waals surface area contributed by atoms with E-state index in [2.05, 4.69) is 14.6 Å². The Morgan fingerprint density at radius 1 is 1.33 bits per heavy atom. The van der Waals surface area contributed by atoms with Crippen LogP contribution in [0.25, 0.3) is 0 Å². The molecule has 1 aromatic rings. The number of nitrogens with zero attached hydrogens (tertiary/aromatic N) is 3. The second-order valence-electron chi connectivity index (χ2n) is 7.74. The molecule has 9 nitrogen and oxygen atoms in total. The topological polar surface area (TPSA) is 109 Å². The first-order valence-corrected chi connectivity index (χ1v) is 11.7. The molecule has 1 atom stereocenters. The first kappa shape index (κ1) is 22.8. The summed E-state index contributed by atoms with van der Waals surface area (Å²) in [5.74, 6) is -0.348. The lowest BCUT2D eigenvalue weighted by Crippen LogP contribution is -2.45. The van der Waals surface area contributed by atoms with Gasteiger partial charge in [0, 0.05) is 6.04 Å². The van der Waals surface area contributed by atoms with Crippen molar-refractivity contribution in [3.05, 3.63) is 28.8 Å². The number of hydrogen-bond acceptors (Lipinski definition) is 8. The molecule has 1 unspecified atom stereocenters. The summed E-state index contributed by atoms with van der Waals surface area (Å²) in [6, 6.07) is 5.18. The average Bonchev–Trinajstić information content (AvgIpc) is 3.02. The Morgan fingerprint density at radius 2 is 2.00 bits per heavy atom. The van der Waals surface area contributed by atoms with Crippen LogP contribution in [0.2, 0.25) is 5.02 Å². The minimum Gasteiger partial charge on any atom is -0.450 e. The van der Waals surface area contributed by atoms with E-state index in [-0.39, 0.29) is 21.8 Å². The summed E-state index contributed by atoms with van der Waals surface area (Å²) in [4.78, 5) is 22.8. The Balaban J connectivity index is 1.84. The van der Waals surface area contributed by atoms with Crippen molar-refractivity contribution in [3.63, 3.8) is 0 Å². The van der Waals surface area contributed by atoms with Crippen molar-refractivity contribution >= 4 is 33.4 Å². The Bertz CT molecular complexity index is 908. The van der Waals surface area contributed by atoms with Gasteiger partial charge >= 0.3 is 12.6 Å². The van der Waals surface area contributed by atoms with Crippen LogP contribution >= 0.6 is 11.6 Å². The molecule has 1 fully saturated rings. The maximum atomic E-state index is 13.1. The van der Waals surface area contributed by atoms with Gasteiger partial charge in [-0.2, -0.15) is 4.99 Å². The lowest BCUT2D eigenvalue weighted by Gasteiger charge is -2.37. The number of ether oxygens (including phenoxy) is 1. The van der Waals surface area contributed by atoms with Crippen LogP contribution in [0.15, 0.2) is 28.1 Å². The third-order valence-corrected chi connectivity index (χ3v) is 7.67. The smallest absolute Gasteiger partial charge is 0.450 e. The second kappa shape index (κ2) is 9.09. The Kier molecular flexibility index (Phi) is 6.91. The molecule has 0 radical (unpaired) electrons. The first-order chi connectivity index (χ1) is 14.1. The van der Waals surface area contributed by atoms with E-state index in [9.17, 15) is 13.2 Å². The van der Waals surface area contributed by atoms with Gasteiger partial charge in [0.15, 0.2) is 9.84 Å². The number of aliphatic imine (C=N–C) groups is 1. The number of halogens is 1. The minimum absolute atomic E-state index is 0.0354. The molecule has 0 bridgehead atoms. The zero-order valence-corrected chi connectivity index (χ0v) is 18.7. The fourth-order valence-corrected chi connectivity index (χ4v) is 6.14. The van der Waals surface area contributed by atoms with E-state index in [0.29, 0.717) is 11.6 Å². The molecule has 0 saturated heterocycles. The molecule has 1 aromatic carbocycles. The minimum atomic E-state index is -3.85. The maximum absolute atomic E-state index is 13.1. The van der Waals surface area contributed by atoms with E-state index in [1.165, 1.54) is 11.1 Å². The molecule has 30 heavy (non-hydrogen) atoms. The lowest BCUT2D eigenvalue weighted by atomic mass is 9.90. The number of hydrogen-bond donors (Lipinski definition) is 1. The fourth-order valence-electron chi connectivity index (χ4n) is 3.95. The Morgan fingerprint density at radius 3 is 2.57 bits per heavy atom. The predicted octanol–water partition coefficient (Wildman–Crippen LogP) is 2.92. The number of sulfone groups is 1. The molecule has 1 aliphatic carbocycles. The normalized spacial score (nSPS) is 24.8. The number of benzene rings is 1. The molecule has 1 heterocycles. The van der Waals surface area contributed by atoms with Crippen molar-refractivity contribution in [3.8, 4) is 0 Å². The molecule has 2 aliphatic rings. The molecular weight excluding hydrogens is 434 g/mol. The average molecular weight is 460 g/mol. The highest BCUT2D eigenvalue weighted by molar-refractivity contribution is 7.92. The molecular formula is C19H26ClN3O6S. The predicted molar refractivity (Wildman–Crippen MR) is 111 cm³/mol. The van der Waals surface area contributed by atoms with Crippen LogP contribution in [-0.2, 0) is 19.4 Å². The van der Waals surface area contributed by atoms with Crippen LogP contribution in [0.4, 0.5) is 4.79 Å². The van der Waals surface area contributed by atoms with Crippen molar-refractivity contribution in [2.24, 2.45) is 4.99 Å². The van der Waals surface area contributed by atoms with E-state index < -0.39 is 28.2 Å². The van der Waals surface area contributed by atoms with Gasteiger partial charge in [-0.25, -0.2) is 23.1 Å². The van der Waals surface area contributed by atoms with Crippen LogP contribution in [0.1, 0.15) is 31.2 Å². The monoisotopic (exact) mass is 459 g/mol. The van der Waals surface area contributed by atoms with Gasteiger partial charge in [0.05, 0.1) is 16.0 Å². The third-order valence-electron chi connectivity index (χ3n) is 5.44. The van der Waals surface area contributed by atoms with Gasteiger partial charge in [-0.15, -0.1) is 0 Å². The fraction of sp³-hybridized carbons (Fsp3) is 0.579. The van der Waals surface area contributed by atoms with Crippen LogP contribution in [0, 0.1) is 6.92 Å². The number of carbonyl (C=O) groups is 1. The standard InChI is InChI=1S/C19H26ClN3O6S/c1-12-5-4-6-15(20)17(12)30(26,27)11-16-21-18(28-19(24)25)29-23(16)14-9-7-13(8-10-14)22(2)3/h4-6,13-14,18H,7-11H2,1-3H3,(H,24,25). The van der Waals surface area contributed by atoms with E-state index in [1.807, 2.05) is 14.1 Å². The summed E-state index contributed by atoms with van der Waals surface area (Å²) in [6.45, 7) is 1.67. The highest BCUT2D eigenvalue weighted by atomic mass is 35.5. The van der Waals surface area contributed by atoms with Gasteiger partial charge in [0.1, 0.15) is 11.6 Å². The lowest BCUT2D eigenvalue weighted by molar-refractivity contribution is -0.226. The van der Waals surface area contributed by atoms with Crippen LogP contribution in [0.3, 0.4) is 0 Å². The van der Waals surface area contributed by atoms with Gasteiger partial charge in [0.2, 0.25) is 0 Å². The molecule has 3 rings (SSSR count). The number of amidine groups is 1. The molecule has 1 N–H and O–H groups in total. The first-order valence-electron chi connectivity index (χ1n) is 9.65. The van der Waals surface area contributed by atoms with Crippen molar-refractivity contribution in [1.82, 2.24) is 9.96 Å². The maximum Gasteiger partial charge on any atom is 0.509 e. The number of carboxylic acid groups (broad SMARTS) is 1. The molecule has 11 heteroatoms. The molecule has 1 saturated carbocycles. The quantitative estimate of drug-likeness (QED) is 0.647. The highest BCUT2D eigenvalue weighted by Gasteiger charge is 2.39. The van der Waals surface area contributed by atoms with Crippen molar-refractivity contribution in [2.45, 2.75) is 56.0 Å². The van der Waals surface area contributed by atoms with Crippen LogP contribution < -0.4 is 0 Å². The number of aryl methyl sites for hydroxylation is 1. The van der Waals surface area contributed by atoms with E-state index in [0.717, 1.165) is 25.7 Å². The largest absolute Gasteiger partial charge is 0.509 e. The molecule has 0 spiro atoms. The molecule has 0 aromatic heterocycles. The zero-order chi connectivity index (χ0) is 22.1. The van der Waals surface area contributed by atoms with Gasteiger partial charge in [0.25, 0.3) is 0 Å². The van der Waals surface area contributed by atoms with Gasteiger partial charge in [-0.3, -0.25) is 0 Å². The summed E-state index contributed by atoms with van der Waals surface area (Å²) in [5.41, 5.74) is 0.526. The third kappa shape index (κ3) is 5.05. The molecule has 1 aliphatic heterocycles. The van der Waals surface area contributed by atoms with Crippen molar-refractivity contribution in [2.75, 3.05) is 19.8 Å². The SMILES string of the molecule is Cc1cccc(Cl)c1S(=O)(=O)CC1=NC(OC(=O)O)ON1C1CCC(N(C)C)CC1. The van der Waals surface area contributed by atoms with Gasteiger partial charge < -0.3 is 14.7 Å². The summed E-state index contributed by atoms with van der Waals surface area (Å²) >= 11 is 6.16. The Hall–Kier alpha value is -1.88. The zero-order valence-electron chi connectivity index (χ0n) is 17.1. The van der Waals surface area contributed by atoms with Gasteiger partial charge in [-0.1, -0.05) is 23.7 Å². The van der Waals surface area contributed by atoms with E-state index in [4.69, 9.17) is 21.5 Å². The van der Waals surface area contributed by atoms with E-state index >= 15 is 0 Å². The van der Waals surface area contributed by atoms with Crippen LogP contribution in [0.5, 0.6) is 0 Å². The summed E-state index contributed by atoms with van der Waals surface area (Å²) in [7, 11) is 0.206. The highest BCUT2D eigenvalue weighted by Crippen LogP contribution is 2.31. The van der Waals surface area contributed by atoms with Crippen molar-refractivity contribution < 1.29 is 27.9 Å². The van der Waals surface area contributed by atoms with Crippen LogP contribution in [-0.4, -0.2) is 73.8 Å². The summed E-state index contributed by atoms with van der Waals surface area (Å²) in [6.07, 6.45) is 0.356. The summed E-state index contributed by atoms with van der Waals surface area (Å²) in [5, 5.41) is 10.5. The number of rotatable bonds is 6. The van der Waals surface area contributed by atoms with Gasteiger partial charge in [-0.05, 0) is 58.3 Å². The second-order valence-corrected chi connectivity index (χ2v) is 10.1.